The number of rotatable bonds is 4. The highest BCUT2D eigenvalue weighted by atomic mass is 16.5. The third kappa shape index (κ3) is 3.80. The SMILES string of the molecule is CC1OCCCN1C(=O)CC(c1ccccc1)c1ccccc1. The summed E-state index contributed by atoms with van der Waals surface area (Å²) in [5, 5.41) is 0. The van der Waals surface area contributed by atoms with Crippen LogP contribution in [0.4, 0.5) is 0 Å². The van der Waals surface area contributed by atoms with Gasteiger partial charge in [-0.3, -0.25) is 4.79 Å². The standard InChI is InChI=1S/C20H23NO2/c1-16-21(13-8-14-23-16)20(22)15-19(17-9-4-2-5-10-17)18-11-6-3-7-12-18/h2-7,9-12,16,19H,8,13-15H2,1H3. The van der Waals surface area contributed by atoms with Gasteiger partial charge in [-0.2, -0.15) is 0 Å². The summed E-state index contributed by atoms with van der Waals surface area (Å²) in [5.41, 5.74) is 2.36. The van der Waals surface area contributed by atoms with Gasteiger partial charge in [0.05, 0.1) is 6.61 Å². The molecule has 1 saturated heterocycles. The minimum Gasteiger partial charge on any atom is -0.359 e. The zero-order valence-corrected chi connectivity index (χ0v) is 13.5. The summed E-state index contributed by atoms with van der Waals surface area (Å²) in [5.74, 6) is 0.244. The van der Waals surface area contributed by atoms with Crippen molar-refractivity contribution in [3.8, 4) is 0 Å². The molecular weight excluding hydrogens is 286 g/mol. The highest BCUT2D eigenvalue weighted by Gasteiger charge is 2.27. The molecule has 1 fully saturated rings. The van der Waals surface area contributed by atoms with Crippen LogP contribution in [0.1, 0.15) is 36.8 Å². The molecule has 2 aromatic rings. The molecule has 1 unspecified atom stereocenters. The molecule has 0 aromatic heterocycles. The normalized spacial score (nSPS) is 18.2. The Kier molecular flexibility index (Phi) is 5.09. The lowest BCUT2D eigenvalue weighted by Crippen LogP contribution is -2.45. The number of hydrogen-bond donors (Lipinski definition) is 0. The summed E-state index contributed by atoms with van der Waals surface area (Å²) in [4.78, 5) is 14.7. The molecule has 2 aromatic carbocycles. The second kappa shape index (κ2) is 7.42. The number of benzene rings is 2. The molecule has 0 aliphatic carbocycles. The Bertz CT molecular complexity index is 587. The number of carbonyl (C=O) groups is 1. The molecule has 3 nitrogen and oxygen atoms in total. The van der Waals surface area contributed by atoms with Gasteiger partial charge in [0.1, 0.15) is 6.23 Å². The van der Waals surface area contributed by atoms with Crippen molar-refractivity contribution in [3.63, 3.8) is 0 Å². The predicted octanol–water partition coefficient (Wildman–Crippen LogP) is 3.80. The first-order valence-electron chi connectivity index (χ1n) is 8.26. The van der Waals surface area contributed by atoms with E-state index in [1.807, 2.05) is 48.2 Å². The topological polar surface area (TPSA) is 29.5 Å². The molecule has 0 saturated carbocycles. The van der Waals surface area contributed by atoms with Crippen LogP contribution in [0.15, 0.2) is 60.7 Å². The molecule has 1 heterocycles. The average Bonchev–Trinajstić information content (AvgIpc) is 2.61. The van der Waals surface area contributed by atoms with E-state index >= 15 is 0 Å². The highest BCUT2D eigenvalue weighted by molar-refractivity contribution is 5.78. The van der Waals surface area contributed by atoms with Crippen molar-refractivity contribution in [2.45, 2.75) is 31.9 Å². The number of ether oxygens (including phenoxy) is 1. The summed E-state index contributed by atoms with van der Waals surface area (Å²) >= 11 is 0. The van der Waals surface area contributed by atoms with E-state index in [9.17, 15) is 4.79 Å². The van der Waals surface area contributed by atoms with Crippen molar-refractivity contribution in [1.82, 2.24) is 4.90 Å². The van der Waals surface area contributed by atoms with Gasteiger partial charge in [0.2, 0.25) is 5.91 Å². The minimum absolute atomic E-state index is 0.0824. The molecule has 1 amide bonds. The van der Waals surface area contributed by atoms with Crippen LogP contribution < -0.4 is 0 Å². The monoisotopic (exact) mass is 309 g/mol. The van der Waals surface area contributed by atoms with E-state index in [0.29, 0.717) is 6.42 Å². The maximum absolute atomic E-state index is 12.8. The molecule has 0 spiro atoms. The Balaban J connectivity index is 1.83. The predicted molar refractivity (Wildman–Crippen MR) is 91.1 cm³/mol. The van der Waals surface area contributed by atoms with Gasteiger partial charge in [0.25, 0.3) is 0 Å². The van der Waals surface area contributed by atoms with Crippen LogP contribution in [0.3, 0.4) is 0 Å². The van der Waals surface area contributed by atoms with Crippen LogP contribution in [0.25, 0.3) is 0 Å². The molecule has 0 bridgehead atoms. The van der Waals surface area contributed by atoms with E-state index in [-0.39, 0.29) is 18.1 Å². The van der Waals surface area contributed by atoms with Gasteiger partial charge in [-0.25, -0.2) is 0 Å². The Morgan fingerprint density at radius 2 is 1.65 bits per heavy atom. The first kappa shape index (κ1) is 15.8. The first-order valence-corrected chi connectivity index (χ1v) is 8.26. The molecule has 3 heteroatoms. The molecule has 1 atom stereocenters. The number of hydrogen-bond acceptors (Lipinski definition) is 2. The fraction of sp³-hybridized carbons (Fsp3) is 0.350. The number of nitrogens with zero attached hydrogens (tertiary/aromatic N) is 1. The third-order valence-corrected chi connectivity index (χ3v) is 4.44. The zero-order valence-electron chi connectivity index (χ0n) is 13.5. The zero-order chi connectivity index (χ0) is 16.1. The van der Waals surface area contributed by atoms with E-state index in [0.717, 1.165) is 19.6 Å². The van der Waals surface area contributed by atoms with Crippen molar-refractivity contribution >= 4 is 5.91 Å². The summed E-state index contributed by atoms with van der Waals surface area (Å²) in [6, 6.07) is 20.5. The molecule has 0 radical (unpaired) electrons. The van der Waals surface area contributed by atoms with Crippen LogP contribution >= 0.6 is 0 Å². The largest absolute Gasteiger partial charge is 0.359 e. The van der Waals surface area contributed by atoms with E-state index < -0.39 is 0 Å². The van der Waals surface area contributed by atoms with Crippen molar-refractivity contribution < 1.29 is 9.53 Å². The summed E-state index contributed by atoms with van der Waals surface area (Å²) in [7, 11) is 0. The Hall–Kier alpha value is -2.13. The Labute approximate surface area is 137 Å². The molecule has 120 valence electrons. The molecule has 1 aliphatic rings. The Morgan fingerprint density at radius 1 is 1.09 bits per heavy atom. The maximum atomic E-state index is 12.8. The average molecular weight is 309 g/mol. The fourth-order valence-corrected chi connectivity index (χ4v) is 3.18. The molecule has 3 rings (SSSR count). The van der Waals surface area contributed by atoms with Gasteiger partial charge in [0, 0.05) is 18.9 Å². The van der Waals surface area contributed by atoms with E-state index in [1.54, 1.807) is 0 Å². The maximum Gasteiger partial charge on any atom is 0.225 e. The smallest absolute Gasteiger partial charge is 0.225 e. The molecular formula is C20H23NO2. The van der Waals surface area contributed by atoms with Gasteiger partial charge in [-0.05, 0) is 24.5 Å². The van der Waals surface area contributed by atoms with E-state index in [1.165, 1.54) is 11.1 Å². The second-order valence-electron chi connectivity index (χ2n) is 5.99. The third-order valence-electron chi connectivity index (χ3n) is 4.44. The van der Waals surface area contributed by atoms with Crippen LogP contribution in [0.5, 0.6) is 0 Å². The van der Waals surface area contributed by atoms with Crippen molar-refractivity contribution in [2.24, 2.45) is 0 Å². The van der Waals surface area contributed by atoms with Crippen molar-refractivity contribution in [3.05, 3.63) is 71.8 Å². The van der Waals surface area contributed by atoms with Crippen molar-refractivity contribution in [1.29, 1.82) is 0 Å². The second-order valence-corrected chi connectivity index (χ2v) is 5.99. The van der Waals surface area contributed by atoms with Gasteiger partial charge in [-0.15, -0.1) is 0 Å². The summed E-state index contributed by atoms with van der Waals surface area (Å²) in [6.07, 6.45) is 1.27. The summed E-state index contributed by atoms with van der Waals surface area (Å²) in [6.45, 7) is 3.49. The van der Waals surface area contributed by atoms with Crippen LogP contribution in [-0.2, 0) is 9.53 Å². The van der Waals surface area contributed by atoms with Gasteiger partial charge in [-0.1, -0.05) is 60.7 Å². The summed E-state index contributed by atoms with van der Waals surface area (Å²) < 4.78 is 5.61. The quantitative estimate of drug-likeness (QED) is 0.859. The Morgan fingerprint density at radius 3 is 2.17 bits per heavy atom. The van der Waals surface area contributed by atoms with Crippen molar-refractivity contribution in [2.75, 3.05) is 13.2 Å². The lowest BCUT2D eigenvalue weighted by molar-refractivity contribution is -0.152. The lowest BCUT2D eigenvalue weighted by atomic mass is 9.88. The molecule has 23 heavy (non-hydrogen) atoms. The van der Waals surface area contributed by atoms with Crippen LogP contribution in [-0.4, -0.2) is 30.2 Å². The molecule has 1 aliphatic heterocycles. The molecule has 0 N–H and O–H groups in total. The lowest BCUT2D eigenvalue weighted by Gasteiger charge is -2.34. The minimum atomic E-state index is -0.122. The van der Waals surface area contributed by atoms with Crippen LogP contribution in [0.2, 0.25) is 0 Å². The highest BCUT2D eigenvalue weighted by Crippen LogP contribution is 2.29. The van der Waals surface area contributed by atoms with Gasteiger partial charge < -0.3 is 9.64 Å². The van der Waals surface area contributed by atoms with Gasteiger partial charge in [0.15, 0.2) is 0 Å². The number of carbonyl (C=O) groups excluding carboxylic acids is 1. The van der Waals surface area contributed by atoms with E-state index in [4.69, 9.17) is 4.74 Å². The van der Waals surface area contributed by atoms with Gasteiger partial charge >= 0.3 is 0 Å². The number of amides is 1. The first-order chi connectivity index (χ1) is 11.3. The van der Waals surface area contributed by atoms with Crippen LogP contribution in [0, 0.1) is 0 Å². The fourth-order valence-electron chi connectivity index (χ4n) is 3.18. The van der Waals surface area contributed by atoms with E-state index in [2.05, 4.69) is 24.3 Å².